The zero-order valence-electron chi connectivity index (χ0n) is 13.7. The lowest BCUT2D eigenvalue weighted by molar-refractivity contribution is 0.133. The Kier molecular flexibility index (Phi) is 6.13. The van der Waals surface area contributed by atoms with Crippen molar-refractivity contribution < 1.29 is 8.42 Å². The number of hydrogen-bond donors (Lipinski definition) is 0. The van der Waals surface area contributed by atoms with Gasteiger partial charge in [-0.25, -0.2) is 0 Å². The molecule has 0 N–H and O–H groups in total. The first-order chi connectivity index (χ1) is 10.9. The van der Waals surface area contributed by atoms with Crippen molar-refractivity contribution in [3.63, 3.8) is 0 Å². The maximum Gasteiger partial charge on any atom is 0.282 e. The normalized spacial score (nSPS) is 20.5. The number of hydrogen-bond acceptors (Lipinski definition) is 4. The summed E-state index contributed by atoms with van der Waals surface area (Å²) < 4.78 is 28.0. The standard InChI is InChI=1S/C16H24N4O2S/c1-15-13-19(14-16-7-4-3-5-8-16)11-12-20(15)23(21,22)18(2)10-6-9-17/h3-5,7-8,15H,6,10-14H2,1-2H3/t15-/m0/s1. The number of benzene rings is 1. The van der Waals surface area contributed by atoms with E-state index in [0.717, 1.165) is 6.54 Å². The highest BCUT2D eigenvalue weighted by Crippen LogP contribution is 2.18. The Bertz CT molecular complexity index is 642. The second-order valence-electron chi connectivity index (χ2n) is 5.92. The third kappa shape index (κ3) is 4.52. The summed E-state index contributed by atoms with van der Waals surface area (Å²) in [7, 11) is -1.95. The quantitative estimate of drug-likeness (QED) is 0.785. The molecule has 0 saturated carbocycles. The van der Waals surface area contributed by atoms with Crippen LogP contribution < -0.4 is 0 Å². The molecule has 126 valence electrons. The minimum atomic E-state index is -3.49. The third-order valence-electron chi connectivity index (χ3n) is 4.13. The van der Waals surface area contributed by atoms with Crippen molar-refractivity contribution in [1.82, 2.24) is 13.5 Å². The van der Waals surface area contributed by atoms with Crippen molar-refractivity contribution >= 4 is 10.2 Å². The Morgan fingerprint density at radius 3 is 2.61 bits per heavy atom. The van der Waals surface area contributed by atoms with E-state index in [2.05, 4.69) is 17.0 Å². The lowest BCUT2D eigenvalue weighted by Crippen LogP contribution is -2.56. The summed E-state index contributed by atoms with van der Waals surface area (Å²) in [6.07, 6.45) is 0.206. The predicted octanol–water partition coefficient (Wildman–Crippen LogP) is 1.28. The average molecular weight is 336 g/mol. The maximum absolute atomic E-state index is 12.6. The van der Waals surface area contributed by atoms with E-state index < -0.39 is 10.2 Å². The summed E-state index contributed by atoms with van der Waals surface area (Å²) in [6.45, 7) is 4.91. The molecule has 0 aliphatic carbocycles. The molecule has 1 saturated heterocycles. The Labute approximate surface area is 139 Å². The van der Waals surface area contributed by atoms with E-state index in [0.29, 0.717) is 19.6 Å². The number of nitrogens with zero attached hydrogens (tertiary/aromatic N) is 4. The Hall–Kier alpha value is -1.46. The molecule has 1 heterocycles. The van der Waals surface area contributed by atoms with Crippen LogP contribution in [0.5, 0.6) is 0 Å². The molecule has 2 rings (SSSR count). The van der Waals surface area contributed by atoms with Crippen LogP contribution in [0.3, 0.4) is 0 Å². The third-order valence-corrected chi connectivity index (χ3v) is 6.23. The lowest BCUT2D eigenvalue weighted by atomic mass is 10.1. The molecule has 1 aromatic carbocycles. The Balaban J connectivity index is 1.97. The van der Waals surface area contributed by atoms with Gasteiger partial charge in [0, 0.05) is 52.2 Å². The molecule has 0 spiro atoms. The minimum Gasteiger partial charge on any atom is -0.296 e. The molecule has 6 nitrogen and oxygen atoms in total. The molecule has 0 bridgehead atoms. The molecule has 1 aliphatic heterocycles. The van der Waals surface area contributed by atoms with Crippen LogP contribution in [-0.4, -0.2) is 61.2 Å². The number of piperazine rings is 1. The van der Waals surface area contributed by atoms with Gasteiger partial charge in [-0.15, -0.1) is 0 Å². The summed E-state index contributed by atoms with van der Waals surface area (Å²) in [5, 5.41) is 8.63. The van der Waals surface area contributed by atoms with Crippen molar-refractivity contribution in [3.8, 4) is 6.07 Å². The first-order valence-corrected chi connectivity index (χ1v) is 9.21. The fraction of sp³-hybridized carbons (Fsp3) is 0.562. The minimum absolute atomic E-state index is 0.0815. The molecule has 23 heavy (non-hydrogen) atoms. The molecule has 1 aliphatic rings. The lowest BCUT2D eigenvalue weighted by Gasteiger charge is -2.40. The molecular formula is C16H24N4O2S. The van der Waals surface area contributed by atoms with Crippen LogP contribution in [0.2, 0.25) is 0 Å². The van der Waals surface area contributed by atoms with Gasteiger partial charge in [-0.05, 0) is 12.5 Å². The van der Waals surface area contributed by atoms with E-state index in [1.165, 1.54) is 16.9 Å². The van der Waals surface area contributed by atoms with Crippen LogP contribution in [0.15, 0.2) is 30.3 Å². The van der Waals surface area contributed by atoms with Crippen LogP contribution in [0.1, 0.15) is 18.9 Å². The molecule has 0 unspecified atom stereocenters. The van der Waals surface area contributed by atoms with Gasteiger partial charge in [0.1, 0.15) is 0 Å². The van der Waals surface area contributed by atoms with Crippen LogP contribution in [0, 0.1) is 11.3 Å². The van der Waals surface area contributed by atoms with E-state index in [4.69, 9.17) is 5.26 Å². The molecule has 0 amide bonds. The average Bonchev–Trinajstić information content (AvgIpc) is 2.53. The van der Waals surface area contributed by atoms with E-state index in [1.807, 2.05) is 31.2 Å². The molecule has 0 radical (unpaired) electrons. The van der Waals surface area contributed by atoms with Crippen molar-refractivity contribution in [1.29, 1.82) is 5.26 Å². The second-order valence-corrected chi connectivity index (χ2v) is 7.91. The SMILES string of the molecule is C[C@H]1CN(Cc2ccccc2)CCN1S(=O)(=O)N(C)CCC#N. The van der Waals surface area contributed by atoms with Gasteiger partial charge in [-0.1, -0.05) is 30.3 Å². The molecule has 1 aromatic rings. The van der Waals surface area contributed by atoms with E-state index in [9.17, 15) is 8.42 Å². The van der Waals surface area contributed by atoms with Gasteiger partial charge in [-0.2, -0.15) is 22.3 Å². The highest BCUT2D eigenvalue weighted by molar-refractivity contribution is 7.86. The maximum atomic E-state index is 12.6. The van der Waals surface area contributed by atoms with Crippen LogP contribution in [0.4, 0.5) is 0 Å². The molecule has 1 atom stereocenters. The largest absolute Gasteiger partial charge is 0.296 e. The van der Waals surface area contributed by atoms with Gasteiger partial charge in [0.25, 0.3) is 10.2 Å². The summed E-state index contributed by atoms with van der Waals surface area (Å²) in [4.78, 5) is 2.28. The zero-order chi connectivity index (χ0) is 16.9. The Morgan fingerprint density at radius 2 is 2.00 bits per heavy atom. The summed E-state index contributed by atoms with van der Waals surface area (Å²) in [6, 6.07) is 12.1. The highest BCUT2D eigenvalue weighted by atomic mass is 32.2. The molecular weight excluding hydrogens is 312 g/mol. The second kappa shape index (κ2) is 7.88. The fourth-order valence-corrected chi connectivity index (χ4v) is 4.36. The van der Waals surface area contributed by atoms with Crippen molar-refractivity contribution in [2.45, 2.75) is 25.9 Å². The van der Waals surface area contributed by atoms with Crippen LogP contribution in [0.25, 0.3) is 0 Å². The van der Waals surface area contributed by atoms with Gasteiger partial charge >= 0.3 is 0 Å². The molecule has 7 heteroatoms. The Morgan fingerprint density at radius 1 is 1.30 bits per heavy atom. The smallest absolute Gasteiger partial charge is 0.282 e. The first-order valence-electron chi connectivity index (χ1n) is 7.81. The number of nitriles is 1. The topological polar surface area (TPSA) is 67.7 Å². The van der Waals surface area contributed by atoms with Gasteiger partial charge in [-0.3, -0.25) is 4.90 Å². The van der Waals surface area contributed by atoms with E-state index >= 15 is 0 Å². The van der Waals surface area contributed by atoms with Crippen molar-refractivity contribution in [3.05, 3.63) is 35.9 Å². The summed E-state index contributed by atoms with van der Waals surface area (Å²) in [5.74, 6) is 0. The number of rotatable bonds is 6. The fourth-order valence-electron chi connectivity index (χ4n) is 2.85. The zero-order valence-corrected chi connectivity index (χ0v) is 14.5. The van der Waals surface area contributed by atoms with Crippen LogP contribution >= 0.6 is 0 Å². The monoisotopic (exact) mass is 336 g/mol. The summed E-state index contributed by atoms with van der Waals surface area (Å²) in [5.41, 5.74) is 1.24. The van der Waals surface area contributed by atoms with Gasteiger partial charge in [0.15, 0.2) is 0 Å². The van der Waals surface area contributed by atoms with Crippen molar-refractivity contribution in [2.24, 2.45) is 0 Å². The van der Waals surface area contributed by atoms with Crippen LogP contribution in [-0.2, 0) is 16.8 Å². The molecule has 0 aromatic heterocycles. The van der Waals surface area contributed by atoms with E-state index in [1.54, 1.807) is 4.31 Å². The summed E-state index contributed by atoms with van der Waals surface area (Å²) >= 11 is 0. The van der Waals surface area contributed by atoms with E-state index in [-0.39, 0.29) is 19.0 Å². The van der Waals surface area contributed by atoms with Gasteiger partial charge in [0.05, 0.1) is 6.07 Å². The van der Waals surface area contributed by atoms with Crippen molar-refractivity contribution in [2.75, 3.05) is 33.2 Å². The molecule has 1 fully saturated rings. The first kappa shape index (κ1) is 17.9. The van der Waals surface area contributed by atoms with Gasteiger partial charge < -0.3 is 0 Å². The van der Waals surface area contributed by atoms with Gasteiger partial charge in [0.2, 0.25) is 0 Å². The highest BCUT2D eigenvalue weighted by Gasteiger charge is 2.34. The predicted molar refractivity (Wildman–Crippen MR) is 89.7 cm³/mol.